The van der Waals surface area contributed by atoms with Crippen molar-refractivity contribution in [3.8, 4) is 22.2 Å². The summed E-state index contributed by atoms with van der Waals surface area (Å²) >= 11 is 7.66. The van der Waals surface area contributed by atoms with Crippen molar-refractivity contribution in [3.63, 3.8) is 0 Å². The number of aryl methyl sites for hydroxylation is 2. The van der Waals surface area contributed by atoms with Crippen molar-refractivity contribution >= 4 is 27.9 Å². The van der Waals surface area contributed by atoms with Crippen molar-refractivity contribution in [1.29, 1.82) is 0 Å². The largest absolute Gasteiger partial charge is 0.272 e. The highest BCUT2D eigenvalue weighted by atomic mass is 35.5. The molecule has 0 N–H and O–H groups in total. The van der Waals surface area contributed by atoms with Gasteiger partial charge in [0.2, 0.25) is 10.8 Å². The molecule has 24 heavy (non-hydrogen) atoms. The Bertz CT molecular complexity index is 1020. The van der Waals surface area contributed by atoms with E-state index in [0.717, 1.165) is 16.4 Å². The van der Waals surface area contributed by atoms with Gasteiger partial charge >= 0.3 is 0 Å². The summed E-state index contributed by atoms with van der Waals surface area (Å²) in [6, 6.07) is 2.06. The molecule has 0 saturated heterocycles. The first-order valence-corrected chi connectivity index (χ1v) is 8.59. The molecular formula is C14H15ClN8S. The number of hydrogen-bond donors (Lipinski definition) is 0. The topological polar surface area (TPSA) is 78.7 Å². The van der Waals surface area contributed by atoms with Gasteiger partial charge in [-0.1, -0.05) is 36.8 Å². The van der Waals surface area contributed by atoms with Gasteiger partial charge < -0.3 is 0 Å². The highest BCUT2D eigenvalue weighted by Crippen LogP contribution is 2.31. The minimum Gasteiger partial charge on any atom is -0.272 e. The molecular weight excluding hydrogens is 348 g/mol. The lowest BCUT2D eigenvalue weighted by Gasteiger charge is -2.02. The van der Waals surface area contributed by atoms with Gasteiger partial charge in [0.05, 0.1) is 11.2 Å². The molecule has 0 radical (unpaired) electrons. The lowest BCUT2D eigenvalue weighted by molar-refractivity contribution is 0.670. The molecule has 4 aromatic rings. The molecule has 0 atom stereocenters. The number of rotatable bonds is 3. The maximum absolute atomic E-state index is 6.22. The van der Waals surface area contributed by atoms with E-state index in [2.05, 4.69) is 45.4 Å². The third kappa shape index (κ3) is 2.23. The minimum absolute atomic E-state index is 0.394. The van der Waals surface area contributed by atoms with Crippen LogP contribution in [0.3, 0.4) is 0 Å². The third-order valence-corrected chi connectivity index (χ3v) is 5.02. The van der Waals surface area contributed by atoms with E-state index in [0.29, 0.717) is 27.4 Å². The van der Waals surface area contributed by atoms with Crippen LogP contribution in [-0.2, 0) is 14.1 Å². The third-order valence-electron chi connectivity index (χ3n) is 3.82. The van der Waals surface area contributed by atoms with Crippen molar-refractivity contribution in [1.82, 2.24) is 39.4 Å². The Morgan fingerprint density at radius 2 is 1.92 bits per heavy atom. The van der Waals surface area contributed by atoms with E-state index in [1.165, 1.54) is 11.3 Å². The summed E-state index contributed by atoms with van der Waals surface area (Å²) < 4.78 is 5.24. The predicted octanol–water partition coefficient (Wildman–Crippen LogP) is 2.76. The molecule has 8 nitrogen and oxygen atoms in total. The second-order valence-electron chi connectivity index (χ2n) is 5.82. The van der Waals surface area contributed by atoms with Crippen LogP contribution in [0.2, 0.25) is 5.02 Å². The van der Waals surface area contributed by atoms with Crippen LogP contribution in [0.4, 0.5) is 0 Å². The number of halogens is 1. The molecule has 4 aromatic heterocycles. The van der Waals surface area contributed by atoms with Crippen LogP contribution in [0.5, 0.6) is 0 Å². The summed E-state index contributed by atoms with van der Waals surface area (Å²) in [6.45, 7) is 4.28. The second kappa shape index (κ2) is 5.38. The fourth-order valence-electron chi connectivity index (χ4n) is 2.66. The molecule has 0 fully saturated rings. The molecule has 0 amide bonds. The molecule has 4 rings (SSSR count). The molecule has 124 valence electrons. The summed E-state index contributed by atoms with van der Waals surface area (Å²) in [5, 5.41) is 23.0. The van der Waals surface area contributed by atoms with Gasteiger partial charge in [0.15, 0.2) is 5.01 Å². The first kappa shape index (κ1) is 15.3. The Labute approximate surface area is 146 Å². The summed E-state index contributed by atoms with van der Waals surface area (Å²) in [7, 11) is 3.75. The number of fused-ring (bicyclic) bond motifs is 1. The van der Waals surface area contributed by atoms with E-state index in [1.54, 1.807) is 15.4 Å². The molecule has 4 heterocycles. The molecule has 0 aromatic carbocycles. The van der Waals surface area contributed by atoms with Gasteiger partial charge in [-0.3, -0.25) is 9.36 Å². The average molecular weight is 363 g/mol. The van der Waals surface area contributed by atoms with E-state index in [9.17, 15) is 0 Å². The van der Waals surface area contributed by atoms with Gasteiger partial charge in [-0.2, -0.15) is 19.8 Å². The minimum atomic E-state index is 0.394. The monoisotopic (exact) mass is 362 g/mol. The Hall–Kier alpha value is -2.26. The Morgan fingerprint density at radius 3 is 2.54 bits per heavy atom. The molecule has 10 heteroatoms. The van der Waals surface area contributed by atoms with Gasteiger partial charge in [0, 0.05) is 19.8 Å². The lowest BCUT2D eigenvalue weighted by atomic mass is 10.1. The fraction of sp³-hybridized carbons (Fsp3) is 0.357. The smallest absolute Gasteiger partial charge is 0.235 e. The SMILES string of the molecule is CC(C)c1cc(-c2nn3c(-c4c(Cl)cnn4C)nnc3s2)nn1C. The van der Waals surface area contributed by atoms with E-state index in [4.69, 9.17) is 11.6 Å². The summed E-state index contributed by atoms with van der Waals surface area (Å²) in [4.78, 5) is 0.689. The van der Waals surface area contributed by atoms with Crippen LogP contribution in [0.25, 0.3) is 27.2 Å². The van der Waals surface area contributed by atoms with Crippen LogP contribution in [0, 0.1) is 0 Å². The van der Waals surface area contributed by atoms with E-state index in [-0.39, 0.29) is 0 Å². The van der Waals surface area contributed by atoms with Gasteiger partial charge in [-0.05, 0) is 12.0 Å². The molecule has 0 aliphatic heterocycles. The normalized spacial score (nSPS) is 11.9. The average Bonchev–Trinajstić information content (AvgIpc) is 3.24. The van der Waals surface area contributed by atoms with E-state index < -0.39 is 0 Å². The Balaban J connectivity index is 1.84. The van der Waals surface area contributed by atoms with Gasteiger partial charge in [-0.15, -0.1) is 10.2 Å². The Morgan fingerprint density at radius 1 is 1.12 bits per heavy atom. The van der Waals surface area contributed by atoms with Crippen molar-refractivity contribution in [2.75, 3.05) is 0 Å². The first-order chi connectivity index (χ1) is 11.5. The van der Waals surface area contributed by atoms with Gasteiger partial charge in [-0.25, -0.2) is 0 Å². The maximum Gasteiger partial charge on any atom is 0.235 e. The number of nitrogens with zero attached hydrogens (tertiary/aromatic N) is 8. The van der Waals surface area contributed by atoms with Crippen LogP contribution < -0.4 is 0 Å². The van der Waals surface area contributed by atoms with Crippen LogP contribution >= 0.6 is 22.9 Å². The first-order valence-electron chi connectivity index (χ1n) is 7.40. The zero-order valence-electron chi connectivity index (χ0n) is 13.6. The summed E-state index contributed by atoms with van der Waals surface area (Å²) in [5.41, 5.74) is 2.68. The predicted molar refractivity (Wildman–Crippen MR) is 92.2 cm³/mol. The molecule has 0 saturated carbocycles. The summed E-state index contributed by atoms with van der Waals surface area (Å²) in [6.07, 6.45) is 1.58. The van der Waals surface area contributed by atoms with Crippen LogP contribution in [-0.4, -0.2) is 39.4 Å². The highest BCUT2D eigenvalue weighted by Gasteiger charge is 2.21. The highest BCUT2D eigenvalue weighted by molar-refractivity contribution is 7.19. The van der Waals surface area contributed by atoms with Crippen molar-refractivity contribution in [2.45, 2.75) is 19.8 Å². The number of aromatic nitrogens is 8. The van der Waals surface area contributed by atoms with Crippen LogP contribution in [0.15, 0.2) is 12.3 Å². The molecule has 0 bridgehead atoms. The van der Waals surface area contributed by atoms with Crippen molar-refractivity contribution in [3.05, 3.63) is 23.0 Å². The zero-order valence-corrected chi connectivity index (χ0v) is 15.2. The van der Waals surface area contributed by atoms with Crippen molar-refractivity contribution < 1.29 is 0 Å². The molecule has 0 spiro atoms. The second-order valence-corrected chi connectivity index (χ2v) is 7.19. The molecule has 0 aliphatic carbocycles. The molecule has 0 aliphatic rings. The maximum atomic E-state index is 6.22. The van der Waals surface area contributed by atoms with E-state index >= 15 is 0 Å². The van der Waals surface area contributed by atoms with Gasteiger partial charge in [0.1, 0.15) is 11.4 Å². The number of hydrogen-bond acceptors (Lipinski definition) is 6. The Kier molecular flexibility index (Phi) is 3.43. The zero-order chi connectivity index (χ0) is 17.0. The standard InChI is InChI=1S/C14H15ClN8S/c1-7(2)10-5-9(19-21(10)3)13-20-23-12(17-18-14(23)24-13)11-8(15)6-16-22(11)4/h5-7H,1-4H3. The van der Waals surface area contributed by atoms with Gasteiger partial charge in [0.25, 0.3) is 0 Å². The lowest BCUT2D eigenvalue weighted by Crippen LogP contribution is -1.99. The van der Waals surface area contributed by atoms with E-state index in [1.807, 2.05) is 18.8 Å². The fourth-order valence-corrected chi connectivity index (χ4v) is 3.70. The molecule has 0 unspecified atom stereocenters. The quantitative estimate of drug-likeness (QED) is 0.560. The summed E-state index contributed by atoms with van der Waals surface area (Å²) in [5.74, 6) is 0.961. The van der Waals surface area contributed by atoms with Crippen LogP contribution in [0.1, 0.15) is 25.5 Å². The van der Waals surface area contributed by atoms with Crippen molar-refractivity contribution in [2.24, 2.45) is 14.1 Å².